The first kappa shape index (κ1) is 18.4. The van der Waals surface area contributed by atoms with Crippen molar-refractivity contribution in [2.75, 3.05) is 11.4 Å². The van der Waals surface area contributed by atoms with Crippen molar-refractivity contribution in [2.45, 2.75) is 45.2 Å². The molecule has 2 unspecified atom stereocenters. The Balaban J connectivity index is 0.00000242. The number of nitrogens with zero attached hydrogens (tertiary/aromatic N) is 3. The van der Waals surface area contributed by atoms with Gasteiger partial charge in [-0.05, 0) is 19.8 Å². The molecule has 1 aliphatic rings. The minimum absolute atomic E-state index is 0. The predicted molar refractivity (Wildman–Crippen MR) is 87.0 cm³/mol. The van der Waals surface area contributed by atoms with Crippen molar-refractivity contribution in [3.05, 3.63) is 11.8 Å². The molecule has 0 aromatic carbocycles. The molecule has 1 aromatic rings. The van der Waals surface area contributed by atoms with E-state index in [1.165, 1.54) is 0 Å². The first-order valence-electron chi connectivity index (χ1n) is 7.32. The van der Waals surface area contributed by atoms with Crippen LogP contribution in [0.1, 0.15) is 31.9 Å². The second-order valence-electron chi connectivity index (χ2n) is 5.50. The van der Waals surface area contributed by atoms with Crippen molar-refractivity contribution in [3.63, 3.8) is 0 Å². The third-order valence-electron chi connectivity index (χ3n) is 3.71. The number of carbonyl (C=O) groups is 2. The Morgan fingerprint density at radius 2 is 2.27 bits per heavy atom. The maximum absolute atomic E-state index is 12.4. The number of nitrogens with two attached hydrogens (primary N) is 1. The van der Waals surface area contributed by atoms with Gasteiger partial charge in [0.15, 0.2) is 0 Å². The van der Waals surface area contributed by atoms with Crippen LogP contribution in [0.15, 0.2) is 6.07 Å². The van der Waals surface area contributed by atoms with E-state index in [1.54, 1.807) is 16.6 Å². The molecule has 2 amide bonds. The van der Waals surface area contributed by atoms with Gasteiger partial charge in [0.05, 0.1) is 11.7 Å². The molecule has 22 heavy (non-hydrogen) atoms. The fourth-order valence-corrected chi connectivity index (χ4v) is 2.61. The van der Waals surface area contributed by atoms with Crippen LogP contribution in [0.25, 0.3) is 0 Å². The maximum atomic E-state index is 12.4. The number of anilines is 1. The molecule has 2 atom stereocenters. The van der Waals surface area contributed by atoms with Gasteiger partial charge in [0.25, 0.3) is 5.91 Å². The summed E-state index contributed by atoms with van der Waals surface area (Å²) in [6.07, 6.45) is 2.05. The minimum Gasteiger partial charge on any atom is -0.343 e. The number of halogens is 1. The fourth-order valence-electron chi connectivity index (χ4n) is 2.61. The summed E-state index contributed by atoms with van der Waals surface area (Å²) in [5, 5.41) is 7.00. The molecule has 2 rings (SSSR count). The standard InChI is InChI=1S/C14H23N5O2.ClH/c1-4-5-10(15)13(20)16-11-6-7-19(14(11)21)12-8-9(2)17-18(12)3;/h8,10-11H,4-7,15H2,1-3H3,(H,16,20);1H. The average molecular weight is 330 g/mol. The summed E-state index contributed by atoms with van der Waals surface area (Å²) in [4.78, 5) is 26.0. The van der Waals surface area contributed by atoms with Gasteiger partial charge in [0, 0.05) is 19.7 Å². The summed E-state index contributed by atoms with van der Waals surface area (Å²) in [6.45, 7) is 4.43. The third kappa shape index (κ3) is 3.78. The van der Waals surface area contributed by atoms with Gasteiger partial charge in [0.2, 0.25) is 5.91 Å². The van der Waals surface area contributed by atoms with Crippen LogP contribution in [0.2, 0.25) is 0 Å². The lowest BCUT2D eigenvalue weighted by Gasteiger charge is -2.18. The molecule has 0 bridgehead atoms. The first-order valence-corrected chi connectivity index (χ1v) is 7.32. The van der Waals surface area contributed by atoms with Crippen molar-refractivity contribution in [1.82, 2.24) is 15.1 Å². The summed E-state index contributed by atoms with van der Waals surface area (Å²) in [7, 11) is 1.80. The number of hydrogen-bond acceptors (Lipinski definition) is 4. The lowest BCUT2D eigenvalue weighted by Crippen LogP contribution is -2.48. The quantitative estimate of drug-likeness (QED) is 0.822. The van der Waals surface area contributed by atoms with Gasteiger partial charge in [-0.15, -0.1) is 12.4 Å². The molecule has 0 saturated carbocycles. The van der Waals surface area contributed by atoms with E-state index < -0.39 is 12.1 Å². The van der Waals surface area contributed by atoms with Crippen LogP contribution >= 0.6 is 12.4 Å². The van der Waals surface area contributed by atoms with Crippen molar-refractivity contribution < 1.29 is 9.59 Å². The van der Waals surface area contributed by atoms with Gasteiger partial charge < -0.3 is 11.1 Å². The highest BCUT2D eigenvalue weighted by atomic mass is 35.5. The summed E-state index contributed by atoms with van der Waals surface area (Å²) < 4.78 is 1.68. The van der Waals surface area contributed by atoms with Crippen LogP contribution < -0.4 is 16.0 Å². The summed E-state index contributed by atoms with van der Waals surface area (Å²) >= 11 is 0. The molecule has 8 heteroatoms. The Morgan fingerprint density at radius 1 is 1.59 bits per heavy atom. The minimum atomic E-state index is -0.546. The Morgan fingerprint density at radius 3 is 2.82 bits per heavy atom. The lowest BCUT2D eigenvalue weighted by molar-refractivity contribution is -0.127. The van der Waals surface area contributed by atoms with E-state index in [0.29, 0.717) is 19.4 Å². The average Bonchev–Trinajstić information content (AvgIpc) is 2.93. The van der Waals surface area contributed by atoms with E-state index in [0.717, 1.165) is 17.9 Å². The van der Waals surface area contributed by atoms with Gasteiger partial charge in [0.1, 0.15) is 11.9 Å². The van der Waals surface area contributed by atoms with E-state index in [2.05, 4.69) is 10.4 Å². The molecule has 1 fully saturated rings. The molecule has 1 aliphatic heterocycles. The highest BCUT2D eigenvalue weighted by Gasteiger charge is 2.35. The van der Waals surface area contributed by atoms with E-state index in [-0.39, 0.29) is 24.2 Å². The van der Waals surface area contributed by atoms with E-state index >= 15 is 0 Å². The second kappa shape index (κ2) is 7.60. The zero-order valence-corrected chi connectivity index (χ0v) is 14.0. The molecule has 0 spiro atoms. The number of carbonyl (C=O) groups excluding carboxylic acids is 2. The van der Waals surface area contributed by atoms with E-state index in [1.807, 2.05) is 19.9 Å². The Bertz CT molecular complexity index is 545. The number of hydrogen-bond donors (Lipinski definition) is 2. The zero-order valence-electron chi connectivity index (χ0n) is 13.2. The van der Waals surface area contributed by atoms with Gasteiger partial charge in [-0.3, -0.25) is 19.2 Å². The first-order chi connectivity index (χ1) is 9.93. The topological polar surface area (TPSA) is 93.2 Å². The molecule has 1 aromatic heterocycles. The number of rotatable bonds is 5. The van der Waals surface area contributed by atoms with Gasteiger partial charge in [-0.1, -0.05) is 13.3 Å². The van der Waals surface area contributed by atoms with Gasteiger partial charge in [-0.25, -0.2) is 0 Å². The second-order valence-corrected chi connectivity index (χ2v) is 5.50. The molecule has 3 N–H and O–H groups in total. The molecular formula is C14H24ClN5O2. The lowest BCUT2D eigenvalue weighted by atomic mass is 10.1. The summed E-state index contributed by atoms with van der Waals surface area (Å²) in [5.41, 5.74) is 6.63. The number of amides is 2. The van der Waals surface area contributed by atoms with E-state index in [4.69, 9.17) is 5.73 Å². The molecule has 0 aliphatic carbocycles. The van der Waals surface area contributed by atoms with Crippen molar-refractivity contribution in [3.8, 4) is 0 Å². The molecule has 0 radical (unpaired) electrons. The van der Waals surface area contributed by atoms with Gasteiger partial charge in [-0.2, -0.15) is 5.10 Å². The molecule has 1 saturated heterocycles. The molecule has 124 valence electrons. The Kier molecular flexibility index (Phi) is 6.37. The predicted octanol–water partition coefficient (Wildman–Crippen LogP) is 0.499. The number of nitrogens with one attached hydrogen (secondary N) is 1. The smallest absolute Gasteiger partial charge is 0.250 e. The van der Waals surface area contributed by atoms with E-state index in [9.17, 15) is 9.59 Å². The van der Waals surface area contributed by atoms with Crippen LogP contribution in [0.5, 0.6) is 0 Å². The van der Waals surface area contributed by atoms with Crippen molar-refractivity contribution >= 4 is 30.0 Å². The van der Waals surface area contributed by atoms with Gasteiger partial charge >= 0.3 is 0 Å². The number of aromatic nitrogens is 2. The SMILES string of the molecule is CCCC(N)C(=O)NC1CCN(c2cc(C)nn2C)C1=O.Cl. The summed E-state index contributed by atoms with van der Waals surface area (Å²) in [6, 6.07) is 0.830. The molecule has 7 nitrogen and oxygen atoms in total. The monoisotopic (exact) mass is 329 g/mol. The van der Waals surface area contributed by atoms with Crippen LogP contribution in [-0.2, 0) is 16.6 Å². The largest absolute Gasteiger partial charge is 0.343 e. The molecular weight excluding hydrogens is 306 g/mol. The fraction of sp³-hybridized carbons (Fsp3) is 0.643. The van der Waals surface area contributed by atoms with Crippen LogP contribution in [-0.4, -0.2) is 40.2 Å². The van der Waals surface area contributed by atoms with Crippen LogP contribution in [0.3, 0.4) is 0 Å². The van der Waals surface area contributed by atoms with Crippen molar-refractivity contribution in [2.24, 2.45) is 12.8 Å². The zero-order chi connectivity index (χ0) is 15.6. The van der Waals surface area contributed by atoms with Crippen molar-refractivity contribution in [1.29, 1.82) is 0 Å². The third-order valence-corrected chi connectivity index (χ3v) is 3.71. The molecule has 2 heterocycles. The van der Waals surface area contributed by atoms with Crippen LogP contribution in [0.4, 0.5) is 5.82 Å². The number of aryl methyl sites for hydroxylation is 2. The normalized spacial score (nSPS) is 19.0. The van der Waals surface area contributed by atoms with Crippen LogP contribution in [0, 0.1) is 6.92 Å². The maximum Gasteiger partial charge on any atom is 0.250 e. The highest BCUT2D eigenvalue weighted by molar-refractivity contribution is 6.01. The Hall–Kier alpha value is -1.60. The highest BCUT2D eigenvalue weighted by Crippen LogP contribution is 2.22. The summed E-state index contributed by atoms with van der Waals surface area (Å²) in [5.74, 6) is 0.403. The Labute approximate surface area is 136 Å².